The molecule has 0 saturated carbocycles. The Morgan fingerprint density at radius 1 is 1.06 bits per heavy atom. The van der Waals surface area contributed by atoms with Crippen LogP contribution in [0, 0.1) is 0 Å². The quantitative estimate of drug-likeness (QED) is 0.541. The van der Waals surface area contributed by atoms with E-state index < -0.39 is 11.8 Å². The molecule has 1 saturated heterocycles. The van der Waals surface area contributed by atoms with Crippen LogP contribution in [0.15, 0.2) is 48.8 Å². The Morgan fingerprint density at radius 2 is 1.79 bits per heavy atom. The molecule has 178 valence electrons. The first kappa shape index (κ1) is 24.5. The van der Waals surface area contributed by atoms with Gasteiger partial charge in [-0.25, -0.2) is 0 Å². The van der Waals surface area contributed by atoms with Crippen LogP contribution in [0.4, 0.5) is 5.69 Å². The second-order valence-corrected chi connectivity index (χ2v) is 8.27. The maximum Gasteiger partial charge on any atom is 0.309 e. The minimum Gasteiger partial charge on any atom is -0.495 e. The predicted molar refractivity (Wildman–Crippen MR) is 128 cm³/mol. The van der Waals surface area contributed by atoms with E-state index in [4.69, 9.17) is 4.74 Å². The van der Waals surface area contributed by atoms with Gasteiger partial charge in [0.2, 0.25) is 0 Å². The molecule has 1 fully saturated rings. The summed E-state index contributed by atoms with van der Waals surface area (Å²) in [4.78, 5) is 35.3. The molecule has 0 unspecified atom stereocenters. The van der Waals surface area contributed by atoms with Gasteiger partial charge >= 0.3 is 11.8 Å². The number of rotatable bonds is 9. The number of amides is 2. The first-order chi connectivity index (χ1) is 16.0. The Morgan fingerprint density at radius 3 is 2.45 bits per heavy atom. The van der Waals surface area contributed by atoms with Crippen LogP contribution in [0.3, 0.4) is 0 Å². The summed E-state index contributed by atoms with van der Waals surface area (Å²) in [5, 5.41) is 5.46. The summed E-state index contributed by atoms with van der Waals surface area (Å²) in [6, 6.07) is 11.9. The molecule has 2 heterocycles. The highest BCUT2D eigenvalue weighted by Crippen LogP contribution is 2.30. The molecule has 9 heteroatoms. The Balaban J connectivity index is 1.61. The lowest BCUT2D eigenvalue weighted by Crippen LogP contribution is -2.51. The van der Waals surface area contributed by atoms with E-state index in [0.717, 1.165) is 43.2 Å². The van der Waals surface area contributed by atoms with Crippen molar-refractivity contribution in [2.45, 2.75) is 6.04 Å². The van der Waals surface area contributed by atoms with Crippen LogP contribution in [0.1, 0.15) is 11.6 Å². The van der Waals surface area contributed by atoms with Gasteiger partial charge in [-0.05, 0) is 37.9 Å². The van der Waals surface area contributed by atoms with Crippen LogP contribution >= 0.6 is 0 Å². The highest BCUT2D eigenvalue weighted by Gasteiger charge is 2.27. The third-order valence-electron chi connectivity index (χ3n) is 5.76. The summed E-state index contributed by atoms with van der Waals surface area (Å²) in [6.45, 7) is 4.71. The summed E-state index contributed by atoms with van der Waals surface area (Å²) in [6.07, 6.45) is 3.55. The minimum absolute atomic E-state index is 0.0722. The van der Waals surface area contributed by atoms with Crippen molar-refractivity contribution < 1.29 is 14.3 Å². The van der Waals surface area contributed by atoms with Crippen molar-refractivity contribution in [3.8, 4) is 5.75 Å². The van der Waals surface area contributed by atoms with Gasteiger partial charge in [-0.2, -0.15) is 0 Å². The lowest BCUT2D eigenvalue weighted by molar-refractivity contribution is -0.139. The monoisotopic (exact) mass is 454 g/mol. The molecular formula is C24H34N6O3. The maximum absolute atomic E-state index is 12.4. The lowest BCUT2D eigenvalue weighted by Gasteiger charge is -2.40. The number of ether oxygens (including phenoxy) is 1. The van der Waals surface area contributed by atoms with Gasteiger partial charge in [0.05, 0.1) is 18.8 Å². The van der Waals surface area contributed by atoms with Gasteiger partial charge in [-0.3, -0.25) is 19.5 Å². The average molecular weight is 455 g/mol. The van der Waals surface area contributed by atoms with Crippen molar-refractivity contribution in [1.82, 2.24) is 25.4 Å². The highest BCUT2D eigenvalue weighted by atomic mass is 16.5. The zero-order valence-corrected chi connectivity index (χ0v) is 19.7. The van der Waals surface area contributed by atoms with Gasteiger partial charge < -0.3 is 25.2 Å². The minimum atomic E-state index is -0.615. The van der Waals surface area contributed by atoms with Gasteiger partial charge in [0.1, 0.15) is 5.75 Å². The van der Waals surface area contributed by atoms with Crippen LogP contribution in [0.25, 0.3) is 0 Å². The molecule has 1 aliphatic rings. The molecule has 1 aliphatic heterocycles. The smallest absolute Gasteiger partial charge is 0.309 e. The van der Waals surface area contributed by atoms with E-state index in [1.807, 2.05) is 55.5 Å². The van der Waals surface area contributed by atoms with Crippen LogP contribution in [-0.4, -0.2) is 93.6 Å². The Kier molecular flexibility index (Phi) is 9.03. The van der Waals surface area contributed by atoms with Crippen molar-refractivity contribution >= 4 is 17.5 Å². The van der Waals surface area contributed by atoms with Crippen LogP contribution < -0.4 is 20.3 Å². The molecule has 2 N–H and O–H groups in total. The van der Waals surface area contributed by atoms with E-state index >= 15 is 0 Å². The molecule has 0 spiro atoms. The molecule has 9 nitrogen and oxygen atoms in total. The third-order valence-corrected chi connectivity index (χ3v) is 5.76. The fourth-order valence-corrected chi connectivity index (χ4v) is 3.94. The number of anilines is 1. The summed E-state index contributed by atoms with van der Waals surface area (Å²) in [5.74, 6) is -0.361. The number of likely N-dealkylation sites (N-methyl/N-ethyl adjacent to an activating group) is 1. The fraction of sp³-hybridized carbons (Fsp3) is 0.458. The van der Waals surface area contributed by atoms with Crippen LogP contribution in [0.2, 0.25) is 0 Å². The Hall–Kier alpha value is -3.17. The number of carbonyl (C=O) groups is 2. The van der Waals surface area contributed by atoms with Gasteiger partial charge in [0, 0.05) is 58.2 Å². The number of methoxy groups -OCH3 is 1. The SMILES string of the molecule is COc1ccccc1N1CCN([C@@H](CNC(=O)C(=O)NCCN(C)C)c2cccnc2)CC1. The second kappa shape index (κ2) is 12.2. The van der Waals surface area contributed by atoms with Crippen LogP contribution in [0.5, 0.6) is 5.75 Å². The topological polar surface area (TPSA) is 90.0 Å². The molecule has 2 aromatic rings. The number of nitrogens with one attached hydrogen (secondary N) is 2. The molecule has 3 rings (SSSR count). The summed E-state index contributed by atoms with van der Waals surface area (Å²) < 4.78 is 5.52. The van der Waals surface area contributed by atoms with Gasteiger partial charge in [0.15, 0.2) is 0 Å². The highest BCUT2D eigenvalue weighted by molar-refractivity contribution is 6.35. The van der Waals surface area contributed by atoms with E-state index in [2.05, 4.69) is 31.5 Å². The maximum atomic E-state index is 12.4. The molecule has 1 aromatic heterocycles. The number of piperazine rings is 1. The third kappa shape index (κ3) is 6.90. The second-order valence-electron chi connectivity index (χ2n) is 8.27. The van der Waals surface area contributed by atoms with E-state index in [-0.39, 0.29) is 6.04 Å². The zero-order valence-electron chi connectivity index (χ0n) is 19.7. The number of para-hydroxylation sites is 2. The van der Waals surface area contributed by atoms with E-state index in [1.165, 1.54) is 0 Å². The first-order valence-corrected chi connectivity index (χ1v) is 11.2. The van der Waals surface area contributed by atoms with Gasteiger partial charge in [-0.15, -0.1) is 0 Å². The normalized spacial score (nSPS) is 15.2. The van der Waals surface area contributed by atoms with Crippen molar-refractivity contribution in [3.63, 3.8) is 0 Å². The van der Waals surface area contributed by atoms with Gasteiger partial charge in [0.25, 0.3) is 0 Å². The molecule has 2 amide bonds. The standard InChI is InChI=1S/C24H34N6O3/c1-28(2)12-11-26-23(31)24(32)27-18-21(19-7-6-10-25-17-19)30-15-13-29(14-16-30)20-8-4-5-9-22(20)33-3/h4-10,17,21H,11-16,18H2,1-3H3,(H,26,31)(H,27,32)/t21-/m0/s1. The van der Waals surface area contributed by atoms with Crippen LogP contribution in [-0.2, 0) is 9.59 Å². The summed E-state index contributed by atoms with van der Waals surface area (Å²) >= 11 is 0. The summed E-state index contributed by atoms with van der Waals surface area (Å²) in [7, 11) is 5.52. The number of carbonyl (C=O) groups excluding carboxylic acids is 2. The van der Waals surface area contributed by atoms with Crippen molar-refractivity contribution in [3.05, 3.63) is 54.4 Å². The lowest BCUT2D eigenvalue weighted by atomic mass is 10.1. The summed E-state index contributed by atoms with van der Waals surface area (Å²) in [5.41, 5.74) is 2.09. The molecule has 0 aliphatic carbocycles. The molecule has 1 atom stereocenters. The van der Waals surface area contributed by atoms with Crippen molar-refractivity contribution in [2.24, 2.45) is 0 Å². The zero-order chi connectivity index (χ0) is 23.6. The number of pyridine rings is 1. The molecule has 0 bridgehead atoms. The predicted octanol–water partition coefficient (Wildman–Crippen LogP) is 0.748. The van der Waals surface area contributed by atoms with Gasteiger partial charge in [-0.1, -0.05) is 18.2 Å². The molecule has 1 aromatic carbocycles. The van der Waals surface area contributed by atoms with Crippen molar-refractivity contribution in [1.29, 1.82) is 0 Å². The Bertz CT molecular complexity index is 900. The first-order valence-electron chi connectivity index (χ1n) is 11.2. The number of nitrogens with zero attached hydrogens (tertiary/aromatic N) is 4. The number of hydrogen-bond donors (Lipinski definition) is 2. The largest absolute Gasteiger partial charge is 0.495 e. The molecular weight excluding hydrogens is 420 g/mol. The number of aromatic nitrogens is 1. The molecule has 0 radical (unpaired) electrons. The fourth-order valence-electron chi connectivity index (χ4n) is 3.94. The van der Waals surface area contributed by atoms with E-state index in [9.17, 15) is 9.59 Å². The number of hydrogen-bond acceptors (Lipinski definition) is 7. The van der Waals surface area contributed by atoms with Crippen molar-refractivity contribution in [2.75, 3.05) is 71.9 Å². The Labute approximate surface area is 195 Å². The number of benzene rings is 1. The average Bonchev–Trinajstić information content (AvgIpc) is 2.84. The van der Waals surface area contributed by atoms with E-state index in [1.54, 1.807) is 13.3 Å². The van der Waals surface area contributed by atoms with E-state index in [0.29, 0.717) is 19.6 Å². The molecule has 33 heavy (non-hydrogen) atoms.